The Morgan fingerprint density at radius 3 is 2.77 bits per heavy atom. The van der Waals surface area contributed by atoms with Crippen molar-refractivity contribution >= 4 is 34.0 Å². The molecule has 9 nitrogen and oxygen atoms in total. The molecular weight excluding hydrogens is 364 g/mol. The normalized spacial score (nSPS) is 12.9. The van der Waals surface area contributed by atoms with Gasteiger partial charge in [0.2, 0.25) is 0 Å². The van der Waals surface area contributed by atoms with E-state index in [1.54, 1.807) is 12.1 Å². The molecule has 1 aromatic heterocycles. The third-order valence-electron chi connectivity index (χ3n) is 3.66. The number of aromatic amines is 1. The summed E-state index contributed by atoms with van der Waals surface area (Å²) in [5.74, 6) is 0. The molecule has 0 aliphatic rings. The maximum absolute atomic E-state index is 12.3. The number of nitrogens with zero attached hydrogens (tertiary/aromatic N) is 3. The van der Waals surface area contributed by atoms with Crippen LogP contribution in [0.1, 0.15) is 17.4 Å². The first-order chi connectivity index (χ1) is 12.4. The predicted molar refractivity (Wildman–Crippen MR) is 93.8 cm³/mol. The largest absolute Gasteiger partial charge is 0.410 e. The molecule has 2 aromatic carbocycles. The topological polar surface area (TPSA) is 142 Å². The monoisotopic (exact) mass is 374 g/mol. The Balaban J connectivity index is 2.09. The molecule has 1 heterocycles. The number of aliphatic hydroxyl groups excluding tert-OH is 1. The van der Waals surface area contributed by atoms with Crippen molar-refractivity contribution in [2.24, 2.45) is 5.16 Å². The molecule has 0 saturated carbocycles. The van der Waals surface area contributed by atoms with Crippen LogP contribution in [0.4, 0.5) is 5.69 Å². The van der Waals surface area contributed by atoms with Gasteiger partial charge in [-0.2, -0.15) is 0 Å². The highest BCUT2D eigenvalue weighted by Gasteiger charge is 2.24. The number of nitrogens with one attached hydrogen (secondary N) is 1. The van der Waals surface area contributed by atoms with Gasteiger partial charge in [0.1, 0.15) is 11.8 Å². The van der Waals surface area contributed by atoms with Crippen LogP contribution in [0.2, 0.25) is 5.02 Å². The molecule has 3 rings (SSSR count). The Morgan fingerprint density at radius 2 is 2.08 bits per heavy atom. The molecule has 3 aromatic rings. The van der Waals surface area contributed by atoms with Gasteiger partial charge >= 0.3 is 0 Å². The summed E-state index contributed by atoms with van der Waals surface area (Å²) >= 11 is 5.86. The minimum Gasteiger partial charge on any atom is -0.410 e. The van der Waals surface area contributed by atoms with Crippen LogP contribution in [0.15, 0.2) is 52.4 Å². The highest BCUT2D eigenvalue weighted by atomic mass is 35.5. The van der Waals surface area contributed by atoms with Crippen molar-refractivity contribution in [2.45, 2.75) is 6.10 Å². The molecule has 0 bridgehead atoms. The van der Waals surface area contributed by atoms with E-state index >= 15 is 0 Å². The Morgan fingerprint density at radius 1 is 1.31 bits per heavy atom. The molecule has 132 valence electrons. The minimum absolute atomic E-state index is 0.0735. The van der Waals surface area contributed by atoms with Crippen molar-refractivity contribution < 1.29 is 15.2 Å². The van der Waals surface area contributed by atoms with Crippen molar-refractivity contribution in [3.63, 3.8) is 0 Å². The number of oxime groups is 1. The van der Waals surface area contributed by atoms with Crippen LogP contribution in [-0.4, -0.2) is 30.9 Å². The maximum atomic E-state index is 12.3. The Kier molecular flexibility index (Phi) is 4.65. The third kappa shape index (κ3) is 3.25. The van der Waals surface area contributed by atoms with E-state index in [9.17, 15) is 25.2 Å². The van der Waals surface area contributed by atoms with Crippen molar-refractivity contribution in [3.8, 4) is 0 Å². The van der Waals surface area contributed by atoms with Crippen LogP contribution in [0.5, 0.6) is 0 Å². The first-order valence-electron chi connectivity index (χ1n) is 7.25. The second-order valence-corrected chi connectivity index (χ2v) is 5.75. The minimum atomic E-state index is -1.60. The molecule has 0 radical (unpaired) electrons. The summed E-state index contributed by atoms with van der Waals surface area (Å²) in [7, 11) is 0. The summed E-state index contributed by atoms with van der Waals surface area (Å²) in [6.45, 7) is 0. The summed E-state index contributed by atoms with van der Waals surface area (Å²) < 4.78 is 0. The first kappa shape index (κ1) is 17.5. The fourth-order valence-corrected chi connectivity index (χ4v) is 2.60. The number of aliphatic hydroxyl groups is 1. The van der Waals surface area contributed by atoms with Gasteiger partial charge in [0.05, 0.1) is 16.0 Å². The van der Waals surface area contributed by atoms with Crippen LogP contribution in [0, 0.1) is 10.1 Å². The molecule has 0 aliphatic carbocycles. The lowest BCUT2D eigenvalue weighted by molar-refractivity contribution is -0.385. The number of hydrogen-bond acceptors (Lipinski definition) is 7. The van der Waals surface area contributed by atoms with Gasteiger partial charge in [-0.15, -0.1) is 0 Å². The second-order valence-electron chi connectivity index (χ2n) is 5.32. The number of H-pyrrole nitrogens is 1. The van der Waals surface area contributed by atoms with Gasteiger partial charge in [0, 0.05) is 17.2 Å². The van der Waals surface area contributed by atoms with E-state index in [2.05, 4.69) is 15.1 Å². The number of fused-ring (bicyclic) bond motifs is 1. The standard InChI is InChI=1S/C16H11ClN4O5/c17-9-4-5-11-12(7-9)19-16(23)14(18-11)13(20-24)15(22)8-2-1-3-10(6-8)21(25)26/h1-7,15,22,24H,(H,19,23)/b20-13+/t15-/m0/s1. The maximum Gasteiger partial charge on any atom is 0.276 e. The van der Waals surface area contributed by atoms with Crippen molar-refractivity contribution in [1.82, 2.24) is 9.97 Å². The summed E-state index contributed by atoms with van der Waals surface area (Å²) in [6.07, 6.45) is -1.60. The molecule has 10 heteroatoms. The molecule has 3 N–H and O–H groups in total. The van der Waals surface area contributed by atoms with Crippen molar-refractivity contribution in [2.75, 3.05) is 0 Å². The zero-order valence-electron chi connectivity index (χ0n) is 13.0. The lowest BCUT2D eigenvalue weighted by atomic mass is 10.0. The number of halogens is 1. The van der Waals surface area contributed by atoms with E-state index in [1.165, 1.54) is 24.3 Å². The average molecular weight is 375 g/mol. The number of rotatable bonds is 4. The van der Waals surface area contributed by atoms with Crippen molar-refractivity contribution in [3.05, 3.63) is 79.2 Å². The zero-order valence-corrected chi connectivity index (χ0v) is 13.7. The van der Waals surface area contributed by atoms with E-state index in [4.69, 9.17) is 11.6 Å². The van der Waals surface area contributed by atoms with Crippen LogP contribution in [0.3, 0.4) is 0 Å². The number of nitro benzene ring substituents is 1. The zero-order chi connectivity index (χ0) is 18.8. The van der Waals surface area contributed by atoms with E-state index in [0.717, 1.165) is 6.07 Å². The summed E-state index contributed by atoms with van der Waals surface area (Å²) in [6, 6.07) is 9.74. The molecule has 0 aliphatic heterocycles. The summed E-state index contributed by atoms with van der Waals surface area (Å²) in [5.41, 5.74) is -0.926. The number of aromatic nitrogens is 2. The molecular formula is C16H11ClN4O5. The molecule has 0 unspecified atom stereocenters. The molecule has 0 saturated heterocycles. The third-order valence-corrected chi connectivity index (χ3v) is 3.90. The Bertz CT molecular complexity index is 1100. The fraction of sp³-hybridized carbons (Fsp3) is 0.0625. The molecule has 26 heavy (non-hydrogen) atoms. The highest BCUT2D eigenvalue weighted by Crippen LogP contribution is 2.22. The second kappa shape index (κ2) is 6.90. The van der Waals surface area contributed by atoms with Crippen molar-refractivity contribution in [1.29, 1.82) is 0 Å². The Hall–Kier alpha value is -3.30. The van der Waals surface area contributed by atoms with Gasteiger partial charge in [0.15, 0.2) is 5.69 Å². The fourth-order valence-electron chi connectivity index (χ4n) is 2.43. The van der Waals surface area contributed by atoms with Crippen LogP contribution >= 0.6 is 11.6 Å². The van der Waals surface area contributed by atoms with E-state index in [-0.39, 0.29) is 16.9 Å². The predicted octanol–water partition coefficient (Wildman–Crippen LogP) is 2.40. The van der Waals surface area contributed by atoms with Gasteiger partial charge in [-0.1, -0.05) is 28.9 Å². The highest BCUT2D eigenvalue weighted by molar-refractivity contribution is 6.31. The van der Waals surface area contributed by atoms with Gasteiger partial charge in [-0.25, -0.2) is 4.98 Å². The van der Waals surface area contributed by atoms with E-state index in [0.29, 0.717) is 16.1 Å². The Labute approximate surface area is 150 Å². The molecule has 0 spiro atoms. The lowest BCUT2D eigenvalue weighted by Crippen LogP contribution is -2.25. The quantitative estimate of drug-likeness (QED) is 0.277. The lowest BCUT2D eigenvalue weighted by Gasteiger charge is -2.12. The number of benzene rings is 2. The van der Waals surface area contributed by atoms with Gasteiger partial charge in [-0.3, -0.25) is 14.9 Å². The molecule has 0 amide bonds. The van der Waals surface area contributed by atoms with E-state index < -0.39 is 22.3 Å². The van der Waals surface area contributed by atoms with Gasteiger partial charge < -0.3 is 15.3 Å². The number of non-ortho nitro benzene ring substituents is 1. The summed E-state index contributed by atoms with van der Waals surface area (Å²) in [4.78, 5) is 29.2. The SMILES string of the molecule is O=c1[nH]c2cc(Cl)ccc2nc1/C(=N\O)[C@@H](O)c1cccc([N+](=O)[O-])c1. The summed E-state index contributed by atoms with van der Waals surface area (Å²) in [5, 5.41) is 34.0. The van der Waals surface area contributed by atoms with Gasteiger partial charge in [-0.05, 0) is 23.8 Å². The van der Waals surface area contributed by atoms with Gasteiger partial charge in [0.25, 0.3) is 11.2 Å². The van der Waals surface area contributed by atoms with Crippen LogP contribution in [0.25, 0.3) is 11.0 Å². The average Bonchev–Trinajstić information content (AvgIpc) is 2.62. The van der Waals surface area contributed by atoms with Crippen LogP contribution < -0.4 is 5.56 Å². The number of hydrogen-bond donors (Lipinski definition) is 3. The smallest absolute Gasteiger partial charge is 0.276 e. The first-order valence-corrected chi connectivity index (χ1v) is 7.63. The molecule has 1 atom stereocenters. The number of nitro groups is 1. The van der Waals surface area contributed by atoms with Crippen LogP contribution in [-0.2, 0) is 0 Å². The van der Waals surface area contributed by atoms with E-state index in [1.807, 2.05) is 0 Å². The molecule has 0 fully saturated rings.